The maximum Gasteiger partial charge on any atom is 0.246 e. The number of aliphatic hydroxyl groups is 1. The van der Waals surface area contributed by atoms with Gasteiger partial charge in [-0.3, -0.25) is 4.79 Å². The lowest BCUT2D eigenvalue weighted by Gasteiger charge is -2.26. The molecule has 17 heavy (non-hydrogen) atoms. The number of hydrogen-bond donors (Lipinski definition) is 3. The summed E-state index contributed by atoms with van der Waals surface area (Å²) in [7, 11) is 0. The lowest BCUT2D eigenvalue weighted by Crippen LogP contribution is -2.43. The van der Waals surface area contributed by atoms with Gasteiger partial charge in [-0.2, -0.15) is 0 Å². The van der Waals surface area contributed by atoms with E-state index in [0.29, 0.717) is 13.0 Å². The first-order chi connectivity index (χ1) is 7.91. The predicted octanol–water partition coefficient (Wildman–Crippen LogP) is 0.941. The molecule has 0 aromatic rings. The minimum atomic E-state index is -0.405. The second-order valence-corrected chi connectivity index (χ2v) is 5.35. The monoisotopic (exact) mass is 238 g/mol. The van der Waals surface area contributed by atoms with Crippen LogP contribution < -0.4 is 10.6 Å². The lowest BCUT2D eigenvalue weighted by atomic mass is 9.87. The summed E-state index contributed by atoms with van der Waals surface area (Å²) in [5.74, 6) is -0.0632. The van der Waals surface area contributed by atoms with E-state index in [2.05, 4.69) is 10.6 Å². The van der Waals surface area contributed by atoms with Crippen molar-refractivity contribution in [2.24, 2.45) is 5.41 Å². The summed E-state index contributed by atoms with van der Waals surface area (Å²) in [4.78, 5) is 11.7. The van der Waals surface area contributed by atoms with Crippen molar-refractivity contribution in [2.45, 2.75) is 39.3 Å². The van der Waals surface area contributed by atoms with Gasteiger partial charge in [-0.15, -0.1) is 0 Å². The summed E-state index contributed by atoms with van der Waals surface area (Å²) in [5, 5.41) is 15.6. The van der Waals surface area contributed by atoms with Crippen LogP contribution in [0.15, 0.2) is 24.4 Å². The quantitative estimate of drug-likeness (QED) is 0.683. The number of rotatable bonds is 4. The molecule has 0 radical (unpaired) electrons. The number of amides is 1. The van der Waals surface area contributed by atoms with Gasteiger partial charge in [0.05, 0.1) is 6.10 Å². The first-order valence-corrected chi connectivity index (χ1v) is 5.96. The molecule has 1 rings (SSSR count). The van der Waals surface area contributed by atoms with E-state index in [1.165, 1.54) is 0 Å². The van der Waals surface area contributed by atoms with E-state index in [1.54, 1.807) is 12.3 Å². The van der Waals surface area contributed by atoms with Crippen LogP contribution in [0.25, 0.3) is 0 Å². The Balaban J connectivity index is 2.25. The fraction of sp³-hybridized carbons (Fsp3) is 0.615. The van der Waals surface area contributed by atoms with Gasteiger partial charge in [0, 0.05) is 6.54 Å². The Kier molecular flexibility index (Phi) is 4.75. The van der Waals surface area contributed by atoms with Crippen LogP contribution in [0.5, 0.6) is 0 Å². The SMILES string of the molecule is CC(C)(C)[C@@H](O)CCNC(=O)[C@H]1C=CC=CN1. The number of hydrogen-bond acceptors (Lipinski definition) is 3. The van der Waals surface area contributed by atoms with E-state index in [0.717, 1.165) is 0 Å². The van der Waals surface area contributed by atoms with Crippen LogP contribution in [0.3, 0.4) is 0 Å². The smallest absolute Gasteiger partial charge is 0.246 e. The van der Waals surface area contributed by atoms with E-state index in [-0.39, 0.29) is 17.4 Å². The number of allylic oxidation sites excluding steroid dienone is 2. The highest BCUT2D eigenvalue weighted by molar-refractivity contribution is 5.84. The van der Waals surface area contributed by atoms with Gasteiger partial charge in [-0.05, 0) is 24.1 Å². The zero-order valence-corrected chi connectivity index (χ0v) is 10.7. The molecule has 1 amide bonds. The summed E-state index contributed by atoms with van der Waals surface area (Å²) >= 11 is 0. The van der Waals surface area contributed by atoms with Crippen LogP contribution in [0.1, 0.15) is 27.2 Å². The third-order valence-corrected chi connectivity index (χ3v) is 2.79. The van der Waals surface area contributed by atoms with Crippen LogP contribution in [0, 0.1) is 5.41 Å². The van der Waals surface area contributed by atoms with E-state index < -0.39 is 6.10 Å². The molecule has 0 aliphatic carbocycles. The maximum absolute atomic E-state index is 11.7. The van der Waals surface area contributed by atoms with Crippen molar-refractivity contribution in [3.8, 4) is 0 Å². The van der Waals surface area contributed by atoms with Gasteiger partial charge in [0.2, 0.25) is 5.91 Å². The zero-order chi connectivity index (χ0) is 12.9. The summed E-state index contributed by atoms with van der Waals surface area (Å²) in [6.07, 6.45) is 7.39. The fourth-order valence-corrected chi connectivity index (χ4v) is 1.48. The molecular weight excluding hydrogens is 216 g/mol. The van der Waals surface area contributed by atoms with E-state index in [4.69, 9.17) is 0 Å². The van der Waals surface area contributed by atoms with Crippen molar-refractivity contribution in [3.63, 3.8) is 0 Å². The molecule has 4 nitrogen and oxygen atoms in total. The Hall–Kier alpha value is -1.29. The third kappa shape index (κ3) is 4.61. The Morgan fingerprint density at radius 3 is 2.71 bits per heavy atom. The summed E-state index contributed by atoms with van der Waals surface area (Å²) in [6, 6.07) is -0.299. The largest absolute Gasteiger partial charge is 0.393 e. The molecule has 0 saturated carbocycles. The fourth-order valence-electron chi connectivity index (χ4n) is 1.48. The summed E-state index contributed by atoms with van der Waals surface area (Å²) in [6.45, 7) is 6.44. The molecule has 2 atom stereocenters. The zero-order valence-electron chi connectivity index (χ0n) is 10.7. The highest BCUT2D eigenvalue weighted by atomic mass is 16.3. The van der Waals surface area contributed by atoms with Gasteiger partial charge in [-0.1, -0.05) is 32.9 Å². The molecule has 1 heterocycles. The van der Waals surface area contributed by atoms with Crippen molar-refractivity contribution >= 4 is 5.91 Å². The molecule has 96 valence electrons. The second-order valence-electron chi connectivity index (χ2n) is 5.35. The van der Waals surface area contributed by atoms with Crippen LogP contribution in [0.2, 0.25) is 0 Å². The summed E-state index contributed by atoms with van der Waals surface area (Å²) in [5.41, 5.74) is -0.142. The number of dihydropyridines is 1. The highest BCUT2D eigenvalue weighted by Crippen LogP contribution is 2.20. The first-order valence-electron chi connectivity index (χ1n) is 5.96. The van der Waals surface area contributed by atoms with Crippen molar-refractivity contribution < 1.29 is 9.90 Å². The third-order valence-electron chi connectivity index (χ3n) is 2.79. The van der Waals surface area contributed by atoms with Crippen molar-refractivity contribution in [1.82, 2.24) is 10.6 Å². The average molecular weight is 238 g/mol. The Morgan fingerprint density at radius 1 is 1.47 bits per heavy atom. The van der Waals surface area contributed by atoms with Gasteiger partial charge < -0.3 is 15.7 Å². The topological polar surface area (TPSA) is 61.4 Å². The highest BCUT2D eigenvalue weighted by Gasteiger charge is 2.22. The minimum Gasteiger partial charge on any atom is -0.393 e. The number of nitrogens with one attached hydrogen (secondary N) is 2. The van der Waals surface area contributed by atoms with Gasteiger partial charge >= 0.3 is 0 Å². The van der Waals surface area contributed by atoms with Crippen LogP contribution >= 0.6 is 0 Å². The van der Waals surface area contributed by atoms with Crippen LogP contribution in [-0.2, 0) is 4.79 Å². The molecular formula is C13H22N2O2. The van der Waals surface area contributed by atoms with E-state index in [9.17, 15) is 9.90 Å². The standard InChI is InChI=1S/C13H22N2O2/c1-13(2,3)11(16)7-9-15-12(17)10-6-4-5-8-14-10/h4-6,8,10-11,14,16H,7,9H2,1-3H3,(H,15,17)/t10-,11+/m1/s1. The van der Waals surface area contributed by atoms with E-state index in [1.807, 2.05) is 32.9 Å². The average Bonchev–Trinajstić information content (AvgIpc) is 2.28. The van der Waals surface area contributed by atoms with Crippen molar-refractivity contribution in [3.05, 3.63) is 24.4 Å². The first kappa shape index (κ1) is 13.8. The normalized spacial score (nSPS) is 20.8. The van der Waals surface area contributed by atoms with Crippen molar-refractivity contribution in [1.29, 1.82) is 0 Å². The van der Waals surface area contributed by atoms with Gasteiger partial charge in [-0.25, -0.2) is 0 Å². The number of aliphatic hydroxyl groups excluding tert-OH is 1. The molecule has 3 N–H and O–H groups in total. The number of carbonyl (C=O) groups excluding carboxylic acids is 1. The maximum atomic E-state index is 11.7. The van der Waals surface area contributed by atoms with Crippen molar-refractivity contribution in [2.75, 3.05) is 6.54 Å². The Labute approximate surface area is 103 Å². The molecule has 0 bridgehead atoms. The molecule has 4 heteroatoms. The van der Waals surface area contributed by atoms with Gasteiger partial charge in [0.25, 0.3) is 0 Å². The van der Waals surface area contributed by atoms with Crippen LogP contribution in [-0.4, -0.2) is 29.7 Å². The molecule has 0 saturated heterocycles. The molecule has 0 unspecified atom stereocenters. The minimum absolute atomic E-state index is 0.0632. The molecule has 0 fully saturated rings. The lowest BCUT2D eigenvalue weighted by molar-refractivity contribution is -0.122. The molecule has 0 aromatic heterocycles. The second kappa shape index (κ2) is 5.87. The predicted molar refractivity (Wildman–Crippen MR) is 68.3 cm³/mol. The molecule has 1 aliphatic rings. The molecule has 1 aliphatic heterocycles. The van der Waals surface area contributed by atoms with Crippen LogP contribution in [0.4, 0.5) is 0 Å². The summed E-state index contributed by atoms with van der Waals surface area (Å²) < 4.78 is 0. The molecule has 0 aromatic carbocycles. The molecule has 0 spiro atoms. The van der Waals surface area contributed by atoms with Gasteiger partial charge in [0.1, 0.15) is 6.04 Å². The number of carbonyl (C=O) groups is 1. The van der Waals surface area contributed by atoms with E-state index >= 15 is 0 Å². The van der Waals surface area contributed by atoms with Gasteiger partial charge in [0.15, 0.2) is 0 Å². The Bertz CT molecular complexity index is 316. The Morgan fingerprint density at radius 2 is 2.18 bits per heavy atom.